The predicted molar refractivity (Wildman–Crippen MR) is 518 cm³/mol. The lowest BCUT2D eigenvalue weighted by Crippen LogP contribution is -2.58. The average molecular weight is 1920 g/mol. The SMILES string of the molecule is C=CC(=O)N1CCN(c2nc(=O)n(-c3c(SC)ccnc3C(C)C)c3nc(-c4c(N)ccc(Cl)c4F)c(Cl)cc23)[C@@H](C)C1.C=CC(=O)N1C[C@H](C)N(c2nc(=O)n(-c3c(SC)ccnc3C(C)C)c3nc(-c4c(N)ccc(Cl)c4F)c(Cl)cc23)C[C@H]1C.C=CC(=O)N1C[C@H](C)N(c2nc(=O)n(-c3c(SC)ccnc3C(C)C)c3nc(-c4c(O)cccc4F)c(Cl)cc23)C[C@H]1C. The number of phenolic OH excluding ortho intramolecular Hbond substituents is 1. The van der Waals surface area contributed by atoms with E-state index < -0.39 is 34.5 Å². The van der Waals surface area contributed by atoms with Crippen molar-refractivity contribution < 1.29 is 32.7 Å². The second kappa shape index (κ2) is 39.8. The third kappa shape index (κ3) is 18.4. The first kappa shape index (κ1) is 96.3. The molecule has 3 aliphatic heterocycles. The Labute approximate surface area is 785 Å². The van der Waals surface area contributed by atoms with Crippen LogP contribution in [-0.2, 0) is 14.4 Å². The van der Waals surface area contributed by atoms with E-state index in [2.05, 4.69) is 49.6 Å². The van der Waals surface area contributed by atoms with E-state index in [0.717, 1.165) is 14.7 Å². The molecule has 678 valence electrons. The molecule has 0 saturated carbocycles. The number of benzene rings is 3. The Balaban J connectivity index is 0.000000166. The van der Waals surface area contributed by atoms with Gasteiger partial charge in [-0.25, -0.2) is 56.2 Å². The van der Waals surface area contributed by atoms with Gasteiger partial charge in [0.2, 0.25) is 17.7 Å². The monoisotopic (exact) mass is 1920 g/mol. The molecule has 5 N–H and O–H groups in total. The fourth-order valence-electron chi connectivity index (χ4n) is 16.5. The molecule has 9 aromatic heterocycles. The smallest absolute Gasteiger partial charge is 0.355 e. The first-order chi connectivity index (χ1) is 61.8. The number of nitrogens with zero attached hydrogens (tertiary/aromatic N) is 18. The Bertz CT molecular complexity index is 6750. The molecule has 3 aliphatic rings. The Morgan fingerprint density at radius 2 is 0.785 bits per heavy atom. The molecule has 3 fully saturated rings. The Kier molecular flexibility index (Phi) is 29.5. The number of aromatic hydroxyl groups is 1. The molecule has 130 heavy (non-hydrogen) atoms. The Morgan fingerprint density at radius 3 is 1.11 bits per heavy atom. The van der Waals surface area contributed by atoms with Gasteiger partial charge in [-0.2, -0.15) is 15.0 Å². The quantitative estimate of drug-likeness (QED) is 0.0408. The highest BCUT2D eigenvalue weighted by molar-refractivity contribution is 7.99. The molecule has 3 saturated heterocycles. The van der Waals surface area contributed by atoms with Gasteiger partial charge >= 0.3 is 17.1 Å². The lowest BCUT2D eigenvalue weighted by molar-refractivity contribution is -0.129. The average Bonchev–Trinajstić information content (AvgIpc) is 0.737. The number of halogens is 8. The van der Waals surface area contributed by atoms with E-state index in [9.17, 15) is 33.9 Å². The normalized spacial score (nSPS) is 16.5. The minimum Gasteiger partial charge on any atom is -0.507 e. The van der Waals surface area contributed by atoms with Crippen molar-refractivity contribution in [2.75, 3.05) is 90.7 Å². The van der Waals surface area contributed by atoms with Crippen molar-refractivity contribution in [1.82, 2.24) is 73.3 Å². The van der Waals surface area contributed by atoms with Crippen molar-refractivity contribution in [3.63, 3.8) is 0 Å². The van der Waals surface area contributed by atoms with Crippen LogP contribution in [0.1, 0.15) is 111 Å². The minimum atomic E-state index is -0.775. The van der Waals surface area contributed by atoms with Crippen LogP contribution in [0.3, 0.4) is 0 Å². The highest BCUT2D eigenvalue weighted by Crippen LogP contribution is 2.46. The summed E-state index contributed by atoms with van der Waals surface area (Å²) >= 11 is 37.0. The summed E-state index contributed by atoms with van der Waals surface area (Å²) in [5.41, 5.74) is 14.7. The van der Waals surface area contributed by atoms with Gasteiger partial charge in [0.1, 0.15) is 29.0 Å². The molecule has 3 aromatic carbocycles. The van der Waals surface area contributed by atoms with Crippen LogP contribution in [0, 0.1) is 17.5 Å². The fraction of sp³-hybridized carbons (Fsp3) is 0.315. The zero-order valence-electron chi connectivity index (χ0n) is 73.5. The van der Waals surface area contributed by atoms with E-state index >= 15 is 13.2 Å². The lowest BCUT2D eigenvalue weighted by Gasteiger charge is -2.44. The standard InChI is InChI=1S/C31H32Cl2FN7O2S.C31H32ClFN6O3S.C30H30Cl2FN7O2S/c1-7-23(42)39-13-17(5)40(14-16(39)4)29-18-12-20(33)27(24-21(35)9-8-19(32)25(24)34)37-30(18)41(31(43)38-29)28-22(44-6)10-11-36-26(28)15(2)3;1-7-24(41)37-14-18(5)38(15-17(37)4)29-19-13-20(32)27(25-21(33)9-8-10-22(25)40)35-30(19)39(31(42)36-29)28-23(43-6)11-12-34-26(28)16(2)3;1-6-22(41)38-11-12-39(16(4)14-38)28-17-13-19(32)26(23-20(34)8-7-18(31)24(23)33)36-29(17)40(30(42)37-28)27-21(43-5)9-10-35-25(27)15(2)3/h7-12,15-17H,1,13-14,35H2,2-6H3;7-13,16-18,40H,1,14-15H2,2-6H3;6-10,13,15-16H,1,11-12,14,34H2,2-5H3/t16-,17+;17-,18+;16-/m110/s1. The van der Waals surface area contributed by atoms with Crippen LogP contribution in [0.2, 0.25) is 25.1 Å². The maximum Gasteiger partial charge on any atom is 0.355 e. The first-order valence-corrected chi connectivity index (χ1v) is 46.9. The Hall–Kier alpha value is -11.3. The number of fused-ring (bicyclic) bond motifs is 3. The fourth-order valence-corrected chi connectivity index (χ4v) is 19.4. The molecule has 15 rings (SSSR count). The van der Waals surface area contributed by atoms with E-state index in [0.29, 0.717) is 114 Å². The van der Waals surface area contributed by atoms with Crippen LogP contribution in [0.4, 0.5) is 42.0 Å². The third-order valence-corrected chi connectivity index (χ3v) is 26.7. The summed E-state index contributed by atoms with van der Waals surface area (Å²) in [6.07, 6.45) is 14.7. The van der Waals surface area contributed by atoms with Crippen molar-refractivity contribution in [3.8, 4) is 56.6 Å². The Morgan fingerprint density at radius 1 is 0.446 bits per heavy atom. The number of aromatic nitrogens is 12. The highest BCUT2D eigenvalue weighted by Gasteiger charge is 2.39. The second-order valence-corrected chi connectivity index (χ2v) is 36.9. The number of nitrogens with two attached hydrogens (primary N) is 2. The molecule has 12 heterocycles. The number of hydrogen-bond donors (Lipinski definition) is 3. The van der Waals surface area contributed by atoms with Crippen molar-refractivity contribution in [1.29, 1.82) is 0 Å². The molecule has 0 bridgehead atoms. The second-order valence-electron chi connectivity index (χ2n) is 32.3. The zero-order valence-corrected chi connectivity index (χ0v) is 79.7. The molecule has 0 aliphatic carbocycles. The summed E-state index contributed by atoms with van der Waals surface area (Å²) < 4.78 is 50.2. The first-order valence-electron chi connectivity index (χ1n) is 41.4. The molecule has 5 atom stereocenters. The van der Waals surface area contributed by atoms with Crippen molar-refractivity contribution in [3.05, 3.63) is 227 Å². The van der Waals surface area contributed by atoms with Gasteiger partial charge in [-0.1, -0.05) is 125 Å². The van der Waals surface area contributed by atoms with Gasteiger partial charge in [0.05, 0.1) is 109 Å². The molecule has 0 radical (unpaired) electrons. The van der Waals surface area contributed by atoms with E-state index in [1.54, 1.807) is 51.5 Å². The number of nitrogen functional groups attached to an aromatic ring is 2. The number of thioether (sulfide) groups is 3. The summed E-state index contributed by atoms with van der Waals surface area (Å²) in [7, 11) is 0. The number of rotatable bonds is 18. The van der Waals surface area contributed by atoms with Crippen molar-refractivity contribution in [2.45, 2.75) is 139 Å². The maximum absolute atomic E-state index is 15.5. The van der Waals surface area contributed by atoms with Crippen LogP contribution in [0.5, 0.6) is 5.75 Å². The molecule has 0 unspecified atom stereocenters. The van der Waals surface area contributed by atoms with Crippen LogP contribution < -0.4 is 43.2 Å². The van der Waals surface area contributed by atoms with Crippen LogP contribution >= 0.6 is 93.3 Å². The lowest BCUT2D eigenvalue weighted by atomic mass is 10.1. The number of piperazine rings is 3. The summed E-state index contributed by atoms with van der Waals surface area (Å²) in [5.74, 6) is -2.21. The molecular weight excluding hydrogens is 1830 g/mol. The molecule has 38 heteroatoms. The van der Waals surface area contributed by atoms with Gasteiger partial charge in [-0.3, -0.25) is 29.3 Å². The minimum absolute atomic E-state index is 0.0152. The van der Waals surface area contributed by atoms with Crippen molar-refractivity contribution >= 4 is 173 Å². The number of amides is 3. The van der Waals surface area contributed by atoms with E-state index in [-0.39, 0.29) is 159 Å². The molecular formula is C92H94Cl5F3N20O7S3. The van der Waals surface area contributed by atoms with Crippen LogP contribution in [0.15, 0.2) is 164 Å². The number of pyridine rings is 6. The topological polar surface area (TPSA) is 325 Å². The van der Waals surface area contributed by atoms with Gasteiger partial charge in [0.25, 0.3) is 0 Å². The van der Waals surface area contributed by atoms with Gasteiger partial charge in [-0.05, 0) is 162 Å². The van der Waals surface area contributed by atoms with Gasteiger partial charge < -0.3 is 46.0 Å². The van der Waals surface area contributed by atoms with Gasteiger partial charge in [0, 0.05) is 121 Å². The van der Waals surface area contributed by atoms with Gasteiger partial charge in [-0.15, -0.1) is 35.3 Å². The predicted octanol–water partition coefficient (Wildman–Crippen LogP) is 18.1. The molecule has 27 nitrogen and oxygen atoms in total. The number of hydrogen-bond acceptors (Lipinski definition) is 24. The number of carbonyl (C=O) groups excluding carboxylic acids is 3. The van der Waals surface area contributed by atoms with Gasteiger partial charge in [0.15, 0.2) is 28.6 Å². The maximum atomic E-state index is 15.5. The largest absolute Gasteiger partial charge is 0.507 e. The van der Waals surface area contributed by atoms with E-state index in [1.807, 2.05) is 128 Å². The summed E-state index contributed by atoms with van der Waals surface area (Å²) in [4.78, 5) is 135. The third-order valence-electron chi connectivity index (χ3n) is 22.9. The molecule has 0 spiro atoms. The number of carbonyl (C=O) groups is 3. The van der Waals surface area contributed by atoms with Crippen LogP contribution in [0.25, 0.3) is 83.9 Å². The van der Waals surface area contributed by atoms with E-state index in [4.69, 9.17) is 84.4 Å². The molecule has 12 aromatic rings. The number of phenols is 1. The number of anilines is 5. The van der Waals surface area contributed by atoms with E-state index in [1.165, 1.54) is 110 Å². The van der Waals surface area contributed by atoms with Crippen molar-refractivity contribution in [2.24, 2.45) is 0 Å². The summed E-state index contributed by atoms with van der Waals surface area (Å²) in [6.45, 7) is 35.1. The highest BCUT2D eigenvalue weighted by atomic mass is 35.5. The zero-order chi connectivity index (χ0) is 94.4. The summed E-state index contributed by atoms with van der Waals surface area (Å²) in [5, 5.41) is 12.0. The summed E-state index contributed by atoms with van der Waals surface area (Å²) in [6, 6.07) is 18.9. The molecule has 3 amide bonds. The van der Waals surface area contributed by atoms with Crippen LogP contribution in [-0.4, -0.2) is 191 Å².